The summed E-state index contributed by atoms with van der Waals surface area (Å²) >= 11 is 0. The number of ether oxygens (including phenoxy) is 5. The Balaban J connectivity index is 1.52. The van der Waals surface area contributed by atoms with E-state index in [1.165, 1.54) is 43.3 Å². The van der Waals surface area contributed by atoms with E-state index in [2.05, 4.69) is 0 Å². The first-order valence-corrected chi connectivity index (χ1v) is 13.7. The average Bonchev–Trinajstić information content (AvgIpc) is 2.99. The van der Waals surface area contributed by atoms with Gasteiger partial charge in [-0.1, -0.05) is 12.1 Å². The lowest BCUT2D eigenvalue weighted by Gasteiger charge is -2.46. The summed E-state index contributed by atoms with van der Waals surface area (Å²) in [5, 5.41) is 90.5. The van der Waals surface area contributed by atoms with Crippen LogP contribution < -0.4 is 0 Å². The van der Waals surface area contributed by atoms with E-state index in [1.807, 2.05) is 0 Å². The van der Waals surface area contributed by atoms with Crippen molar-refractivity contribution in [3.05, 3.63) is 53.6 Å². The number of esters is 1. The highest BCUT2D eigenvalue weighted by atomic mass is 16.7. The lowest BCUT2D eigenvalue weighted by Crippen LogP contribution is -2.65. The van der Waals surface area contributed by atoms with Crippen LogP contribution >= 0.6 is 0 Å². The molecular formula is C29H36O15. The second kappa shape index (κ2) is 14.5. The lowest BCUT2D eigenvalue weighted by molar-refractivity contribution is -0.357. The summed E-state index contributed by atoms with van der Waals surface area (Å²) in [6.45, 7) is 0.606. The second-order valence-electron chi connectivity index (χ2n) is 10.4. The SMILES string of the molecule is C[C@@H]1OC(O[C@H]2[C@H](OC(=O)/C=C/c3ccc(O)c(O)c3)[C@@H](CO)OC(OCCc3ccc(O)c(O)c3)[C@@H]2O)[C@H](O)[C@H](O)[C@H]1O. The molecule has 0 amide bonds. The van der Waals surface area contributed by atoms with Gasteiger partial charge in [0, 0.05) is 6.08 Å². The molecule has 0 radical (unpaired) electrons. The van der Waals surface area contributed by atoms with Gasteiger partial charge in [0.1, 0.15) is 36.6 Å². The zero-order chi connectivity index (χ0) is 32.1. The Hall–Kier alpha value is -3.51. The highest BCUT2D eigenvalue weighted by Crippen LogP contribution is 2.32. The molecule has 15 nitrogen and oxygen atoms in total. The smallest absolute Gasteiger partial charge is 0.331 e. The molecule has 15 heteroatoms. The number of rotatable bonds is 10. The third-order valence-corrected chi connectivity index (χ3v) is 7.27. The molecule has 4 rings (SSSR count). The van der Waals surface area contributed by atoms with E-state index in [4.69, 9.17) is 23.7 Å². The van der Waals surface area contributed by atoms with Crippen LogP contribution in [0, 0.1) is 0 Å². The number of aliphatic hydroxyl groups is 5. The highest BCUT2D eigenvalue weighted by Gasteiger charge is 2.52. The Morgan fingerprint density at radius 2 is 1.50 bits per heavy atom. The van der Waals surface area contributed by atoms with Gasteiger partial charge >= 0.3 is 5.97 Å². The standard InChI is InChI=1S/C29H36O15/c1-13-22(36)23(37)24(38)29(41-13)44-27-25(39)28(40-9-8-15-3-6-17(32)19(34)11-15)42-20(12-30)26(27)43-21(35)7-4-14-2-5-16(31)18(33)10-14/h2-7,10-11,13,20,22-34,36-39H,8-9,12H2,1H3/b7-4+/t13-,20+,22-,23+,24+,25+,26+,27+,28?,29?/m0/s1. The molecule has 2 aliphatic rings. The molecule has 2 aliphatic heterocycles. The number of carbonyl (C=O) groups excluding carboxylic acids is 1. The fourth-order valence-electron chi connectivity index (χ4n) is 4.76. The van der Waals surface area contributed by atoms with E-state index < -0.39 is 79.7 Å². The van der Waals surface area contributed by atoms with Crippen molar-refractivity contribution in [2.75, 3.05) is 13.2 Å². The third-order valence-electron chi connectivity index (χ3n) is 7.27. The van der Waals surface area contributed by atoms with E-state index in [-0.39, 0.29) is 30.3 Å². The number of aromatic hydroxyl groups is 4. The molecule has 242 valence electrons. The molecule has 2 saturated heterocycles. The van der Waals surface area contributed by atoms with Gasteiger partial charge in [0.15, 0.2) is 41.7 Å². The minimum atomic E-state index is -1.77. The lowest BCUT2D eigenvalue weighted by atomic mass is 9.97. The molecule has 2 aromatic rings. The van der Waals surface area contributed by atoms with Crippen molar-refractivity contribution < 1.29 is 74.4 Å². The molecule has 2 heterocycles. The molecule has 0 saturated carbocycles. The summed E-state index contributed by atoms with van der Waals surface area (Å²) in [6.07, 6.45) is -12.6. The number of benzene rings is 2. The Kier molecular flexibility index (Phi) is 11.0. The summed E-state index contributed by atoms with van der Waals surface area (Å²) in [5.41, 5.74) is 0.914. The van der Waals surface area contributed by atoms with Crippen LogP contribution in [0.5, 0.6) is 23.0 Å². The van der Waals surface area contributed by atoms with Crippen molar-refractivity contribution in [1.29, 1.82) is 0 Å². The predicted octanol–water partition coefficient (Wildman–Crippen LogP) is -1.02. The first kappa shape index (κ1) is 33.4. The summed E-state index contributed by atoms with van der Waals surface area (Å²) < 4.78 is 28.2. The second-order valence-corrected chi connectivity index (χ2v) is 10.4. The quantitative estimate of drug-likeness (QED) is 0.0873. The normalized spacial score (nSPS) is 32.5. The maximum absolute atomic E-state index is 12.8. The molecule has 0 aromatic heterocycles. The van der Waals surface area contributed by atoms with Gasteiger partial charge in [-0.25, -0.2) is 4.79 Å². The molecule has 10 atom stereocenters. The van der Waals surface area contributed by atoms with Gasteiger partial charge in [-0.05, 0) is 54.8 Å². The molecular weight excluding hydrogens is 588 g/mol. The van der Waals surface area contributed by atoms with Crippen molar-refractivity contribution in [2.24, 2.45) is 0 Å². The van der Waals surface area contributed by atoms with E-state index in [9.17, 15) is 50.8 Å². The number of phenols is 4. The van der Waals surface area contributed by atoms with Crippen molar-refractivity contribution in [1.82, 2.24) is 0 Å². The van der Waals surface area contributed by atoms with Gasteiger partial charge in [0.25, 0.3) is 0 Å². The Labute approximate surface area is 251 Å². The number of hydrogen-bond acceptors (Lipinski definition) is 15. The number of hydrogen-bond donors (Lipinski definition) is 9. The van der Waals surface area contributed by atoms with Crippen LogP contribution in [0.4, 0.5) is 0 Å². The molecule has 2 fully saturated rings. The van der Waals surface area contributed by atoms with E-state index >= 15 is 0 Å². The van der Waals surface area contributed by atoms with Gasteiger partial charge in [-0.3, -0.25) is 0 Å². The van der Waals surface area contributed by atoms with Crippen LogP contribution in [-0.4, -0.2) is 127 Å². The maximum Gasteiger partial charge on any atom is 0.331 e. The van der Waals surface area contributed by atoms with Gasteiger partial charge < -0.3 is 69.6 Å². The van der Waals surface area contributed by atoms with Crippen LogP contribution in [0.2, 0.25) is 0 Å². The van der Waals surface area contributed by atoms with Crippen molar-refractivity contribution in [3.8, 4) is 23.0 Å². The monoisotopic (exact) mass is 624 g/mol. The Bertz CT molecular complexity index is 1300. The molecule has 2 unspecified atom stereocenters. The summed E-state index contributed by atoms with van der Waals surface area (Å²) in [5.74, 6) is -2.40. The fraction of sp³-hybridized carbons (Fsp3) is 0.483. The topological polar surface area (TPSA) is 245 Å². The molecule has 44 heavy (non-hydrogen) atoms. The first-order valence-electron chi connectivity index (χ1n) is 13.7. The summed E-state index contributed by atoms with van der Waals surface area (Å²) in [4.78, 5) is 12.8. The molecule has 9 N–H and O–H groups in total. The molecule has 2 aromatic carbocycles. The molecule has 0 bridgehead atoms. The van der Waals surface area contributed by atoms with Crippen LogP contribution in [0.1, 0.15) is 18.1 Å². The van der Waals surface area contributed by atoms with E-state index in [0.717, 1.165) is 6.08 Å². The van der Waals surface area contributed by atoms with Crippen molar-refractivity contribution in [2.45, 2.75) is 74.8 Å². The van der Waals surface area contributed by atoms with Gasteiger partial charge in [-0.15, -0.1) is 0 Å². The van der Waals surface area contributed by atoms with E-state index in [1.54, 1.807) is 6.07 Å². The number of aliphatic hydroxyl groups excluding tert-OH is 5. The largest absolute Gasteiger partial charge is 0.504 e. The van der Waals surface area contributed by atoms with Crippen LogP contribution in [0.15, 0.2) is 42.5 Å². The minimum absolute atomic E-state index is 0.0754. The van der Waals surface area contributed by atoms with Gasteiger partial charge in [0.05, 0.1) is 19.3 Å². The van der Waals surface area contributed by atoms with Crippen LogP contribution in [-0.2, 0) is 34.9 Å². The van der Waals surface area contributed by atoms with Gasteiger partial charge in [-0.2, -0.15) is 0 Å². The van der Waals surface area contributed by atoms with Crippen molar-refractivity contribution in [3.63, 3.8) is 0 Å². The summed E-state index contributed by atoms with van der Waals surface area (Å²) in [6, 6.07) is 7.98. The third kappa shape index (κ3) is 7.76. The molecule has 0 aliphatic carbocycles. The Morgan fingerprint density at radius 3 is 2.16 bits per heavy atom. The van der Waals surface area contributed by atoms with Crippen molar-refractivity contribution >= 4 is 12.0 Å². The minimum Gasteiger partial charge on any atom is -0.504 e. The zero-order valence-electron chi connectivity index (χ0n) is 23.5. The highest BCUT2D eigenvalue weighted by molar-refractivity contribution is 5.87. The average molecular weight is 625 g/mol. The maximum atomic E-state index is 12.8. The van der Waals surface area contributed by atoms with E-state index in [0.29, 0.717) is 11.1 Å². The predicted molar refractivity (Wildman–Crippen MR) is 147 cm³/mol. The first-order chi connectivity index (χ1) is 20.9. The van der Waals surface area contributed by atoms with Crippen LogP contribution in [0.25, 0.3) is 6.08 Å². The summed E-state index contributed by atoms with van der Waals surface area (Å²) in [7, 11) is 0. The number of carbonyl (C=O) groups is 1. The van der Waals surface area contributed by atoms with Gasteiger partial charge in [0.2, 0.25) is 0 Å². The van der Waals surface area contributed by atoms with Crippen LogP contribution in [0.3, 0.4) is 0 Å². The number of phenolic OH excluding ortho intramolecular Hbond substituents is 4. The molecule has 0 spiro atoms. The zero-order valence-corrected chi connectivity index (χ0v) is 23.5. The fourth-order valence-corrected chi connectivity index (χ4v) is 4.76. The Morgan fingerprint density at radius 1 is 0.818 bits per heavy atom.